The molecular formula is C24H33FN2O2. The number of nitrogens with zero attached hydrogens (tertiary/aromatic N) is 2. The summed E-state index contributed by atoms with van der Waals surface area (Å²) >= 11 is 0. The van der Waals surface area contributed by atoms with E-state index in [4.69, 9.17) is 4.42 Å². The molecule has 2 unspecified atom stereocenters. The van der Waals surface area contributed by atoms with E-state index in [9.17, 15) is 9.18 Å². The quantitative estimate of drug-likeness (QED) is 0.640. The molecule has 1 fully saturated rings. The van der Waals surface area contributed by atoms with Gasteiger partial charge in [-0.1, -0.05) is 39.8 Å². The first-order valence-electron chi connectivity index (χ1n) is 10.6. The van der Waals surface area contributed by atoms with Crippen LogP contribution in [0.15, 0.2) is 47.1 Å². The molecule has 0 radical (unpaired) electrons. The van der Waals surface area contributed by atoms with Crippen molar-refractivity contribution in [1.82, 2.24) is 9.80 Å². The van der Waals surface area contributed by atoms with Gasteiger partial charge in [-0.15, -0.1) is 0 Å². The van der Waals surface area contributed by atoms with Gasteiger partial charge in [-0.3, -0.25) is 9.69 Å². The lowest BCUT2D eigenvalue weighted by atomic mass is 9.88. The van der Waals surface area contributed by atoms with Crippen LogP contribution in [0.25, 0.3) is 0 Å². The molecule has 0 bridgehead atoms. The van der Waals surface area contributed by atoms with E-state index in [1.165, 1.54) is 6.07 Å². The second-order valence-electron chi connectivity index (χ2n) is 8.99. The van der Waals surface area contributed by atoms with Gasteiger partial charge in [-0.2, -0.15) is 0 Å². The molecule has 5 heteroatoms. The Hall–Kier alpha value is -2.14. The van der Waals surface area contributed by atoms with Gasteiger partial charge in [-0.25, -0.2) is 4.39 Å². The first kappa shape index (κ1) is 21.6. The average molecular weight is 401 g/mol. The summed E-state index contributed by atoms with van der Waals surface area (Å²) in [5.74, 6) is 1.75. The molecule has 0 N–H and O–H groups in total. The van der Waals surface area contributed by atoms with Crippen LogP contribution in [0.1, 0.15) is 44.9 Å². The molecule has 1 saturated heterocycles. The Balaban J connectivity index is 1.81. The van der Waals surface area contributed by atoms with Crippen molar-refractivity contribution in [3.8, 4) is 0 Å². The van der Waals surface area contributed by atoms with Crippen molar-refractivity contribution in [3.05, 3.63) is 59.8 Å². The van der Waals surface area contributed by atoms with Gasteiger partial charge in [-0.05, 0) is 41.7 Å². The highest BCUT2D eigenvalue weighted by molar-refractivity contribution is 5.78. The Morgan fingerprint density at radius 2 is 2.00 bits per heavy atom. The number of halogens is 1. The highest BCUT2D eigenvalue weighted by Gasteiger charge is 2.36. The molecule has 1 aromatic carbocycles. The maximum Gasteiger partial charge on any atom is 0.225 e. The van der Waals surface area contributed by atoms with E-state index in [0.29, 0.717) is 12.5 Å². The molecule has 1 amide bonds. The third-order valence-corrected chi connectivity index (χ3v) is 5.60. The van der Waals surface area contributed by atoms with Crippen molar-refractivity contribution in [2.24, 2.45) is 17.8 Å². The second-order valence-corrected chi connectivity index (χ2v) is 8.99. The van der Waals surface area contributed by atoms with Gasteiger partial charge in [0.15, 0.2) is 0 Å². The fourth-order valence-corrected chi connectivity index (χ4v) is 4.36. The largest absolute Gasteiger partial charge is 0.468 e. The number of likely N-dealkylation sites (tertiary alicyclic amines) is 1. The van der Waals surface area contributed by atoms with Gasteiger partial charge in [0.25, 0.3) is 0 Å². The molecule has 0 aliphatic carbocycles. The summed E-state index contributed by atoms with van der Waals surface area (Å²) in [5, 5.41) is 0. The van der Waals surface area contributed by atoms with E-state index in [1.54, 1.807) is 18.4 Å². The SMILES string of the molecule is CC(C)CN(CC1CN(Cc2ccco2)CC1c1cccc(F)c1)C(=O)C(C)C. The molecule has 3 rings (SSSR count). The number of carbonyl (C=O) groups excluding carboxylic acids is 1. The lowest BCUT2D eigenvalue weighted by molar-refractivity contribution is -0.135. The van der Waals surface area contributed by atoms with Gasteiger partial charge < -0.3 is 9.32 Å². The monoisotopic (exact) mass is 400 g/mol. The Bertz CT molecular complexity index is 788. The summed E-state index contributed by atoms with van der Waals surface area (Å²) in [7, 11) is 0. The van der Waals surface area contributed by atoms with E-state index >= 15 is 0 Å². The van der Waals surface area contributed by atoms with Crippen molar-refractivity contribution in [2.75, 3.05) is 26.2 Å². The lowest BCUT2D eigenvalue weighted by Crippen LogP contribution is -2.41. The number of furan rings is 1. The molecule has 1 aliphatic rings. The van der Waals surface area contributed by atoms with E-state index < -0.39 is 0 Å². The van der Waals surface area contributed by atoms with Crippen molar-refractivity contribution >= 4 is 5.91 Å². The molecule has 158 valence electrons. The Kier molecular flexibility index (Phi) is 7.12. The Morgan fingerprint density at radius 3 is 2.62 bits per heavy atom. The second kappa shape index (κ2) is 9.57. The lowest BCUT2D eigenvalue weighted by Gasteiger charge is -2.31. The number of benzene rings is 1. The van der Waals surface area contributed by atoms with E-state index in [-0.39, 0.29) is 29.5 Å². The van der Waals surface area contributed by atoms with Crippen LogP contribution in [0, 0.1) is 23.6 Å². The van der Waals surface area contributed by atoms with Crippen LogP contribution in [-0.2, 0) is 11.3 Å². The molecule has 2 aromatic rings. The fraction of sp³-hybridized carbons (Fsp3) is 0.542. The van der Waals surface area contributed by atoms with Crippen LogP contribution in [0.2, 0.25) is 0 Å². The minimum absolute atomic E-state index is 0.0259. The molecule has 2 atom stereocenters. The molecule has 1 aliphatic heterocycles. The van der Waals surface area contributed by atoms with Crippen molar-refractivity contribution < 1.29 is 13.6 Å². The molecule has 1 aromatic heterocycles. The van der Waals surface area contributed by atoms with Gasteiger partial charge in [0, 0.05) is 38.0 Å². The highest BCUT2D eigenvalue weighted by Crippen LogP contribution is 2.35. The summed E-state index contributed by atoms with van der Waals surface area (Å²) in [6, 6.07) is 10.8. The van der Waals surface area contributed by atoms with Gasteiger partial charge >= 0.3 is 0 Å². The van der Waals surface area contributed by atoms with Crippen molar-refractivity contribution in [3.63, 3.8) is 0 Å². The fourth-order valence-electron chi connectivity index (χ4n) is 4.36. The third-order valence-electron chi connectivity index (χ3n) is 5.60. The number of hydrogen-bond acceptors (Lipinski definition) is 3. The van der Waals surface area contributed by atoms with Gasteiger partial charge in [0.1, 0.15) is 11.6 Å². The standard InChI is InChI=1S/C24H33FN2O2/c1-17(2)12-27(24(28)18(3)4)14-20-13-26(15-22-9-6-10-29-22)16-23(20)19-7-5-8-21(25)11-19/h5-11,17-18,20,23H,12-16H2,1-4H3. The van der Waals surface area contributed by atoms with Crippen LogP contribution in [0.3, 0.4) is 0 Å². The van der Waals surface area contributed by atoms with Crippen molar-refractivity contribution in [2.45, 2.75) is 40.2 Å². The first-order chi connectivity index (χ1) is 13.8. The first-order valence-corrected chi connectivity index (χ1v) is 10.6. The van der Waals surface area contributed by atoms with Crippen LogP contribution >= 0.6 is 0 Å². The number of carbonyl (C=O) groups is 1. The summed E-state index contributed by atoms with van der Waals surface area (Å²) in [6.07, 6.45) is 1.69. The van der Waals surface area contributed by atoms with E-state index in [0.717, 1.165) is 37.5 Å². The minimum atomic E-state index is -0.206. The van der Waals surface area contributed by atoms with Gasteiger partial charge in [0.2, 0.25) is 5.91 Å². The number of hydrogen-bond donors (Lipinski definition) is 0. The maximum absolute atomic E-state index is 13.9. The zero-order valence-electron chi connectivity index (χ0n) is 18.0. The normalized spacial score (nSPS) is 20.0. The number of rotatable bonds is 8. The zero-order chi connectivity index (χ0) is 21.0. The van der Waals surface area contributed by atoms with Crippen LogP contribution in [0.5, 0.6) is 0 Å². The zero-order valence-corrected chi connectivity index (χ0v) is 18.0. The Morgan fingerprint density at radius 1 is 1.21 bits per heavy atom. The predicted molar refractivity (Wildman–Crippen MR) is 113 cm³/mol. The van der Waals surface area contributed by atoms with Crippen LogP contribution < -0.4 is 0 Å². The summed E-state index contributed by atoms with van der Waals surface area (Å²) in [4.78, 5) is 17.2. The molecule has 2 heterocycles. The smallest absolute Gasteiger partial charge is 0.225 e. The van der Waals surface area contributed by atoms with E-state index in [2.05, 4.69) is 18.7 Å². The summed E-state index contributed by atoms with van der Waals surface area (Å²) in [5.41, 5.74) is 1.01. The predicted octanol–water partition coefficient (Wildman–Crippen LogP) is 4.77. The molecule has 29 heavy (non-hydrogen) atoms. The number of amides is 1. The Labute approximate surface area is 173 Å². The molecule has 0 spiro atoms. The van der Waals surface area contributed by atoms with E-state index in [1.807, 2.05) is 36.9 Å². The van der Waals surface area contributed by atoms with Crippen LogP contribution in [-0.4, -0.2) is 41.9 Å². The third kappa shape index (κ3) is 5.69. The minimum Gasteiger partial charge on any atom is -0.468 e. The van der Waals surface area contributed by atoms with Crippen molar-refractivity contribution in [1.29, 1.82) is 0 Å². The molecular weight excluding hydrogens is 367 g/mol. The molecule has 4 nitrogen and oxygen atoms in total. The van der Waals surface area contributed by atoms with Crippen LogP contribution in [0.4, 0.5) is 4.39 Å². The summed E-state index contributed by atoms with van der Waals surface area (Å²) < 4.78 is 19.5. The molecule has 0 saturated carbocycles. The highest BCUT2D eigenvalue weighted by atomic mass is 19.1. The van der Waals surface area contributed by atoms with Gasteiger partial charge in [0.05, 0.1) is 12.8 Å². The topological polar surface area (TPSA) is 36.7 Å². The summed E-state index contributed by atoms with van der Waals surface area (Å²) in [6.45, 7) is 12.1. The average Bonchev–Trinajstić information content (AvgIpc) is 3.30. The maximum atomic E-state index is 13.9.